The summed E-state index contributed by atoms with van der Waals surface area (Å²) < 4.78 is 5.33. The van der Waals surface area contributed by atoms with Gasteiger partial charge in [0.25, 0.3) is 0 Å². The smallest absolute Gasteiger partial charge is 0.335 e. The first-order chi connectivity index (χ1) is 7.54. The number of carboxylic acids is 1. The van der Waals surface area contributed by atoms with E-state index in [0.29, 0.717) is 18.0 Å². The third kappa shape index (κ3) is 3.13. The first kappa shape index (κ1) is 12.3. The molecule has 0 bridgehead atoms. The lowest BCUT2D eigenvalue weighted by Gasteiger charge is -2.12. The Bertz CT molecular complexity index is 378. The summed E-state index contributed by atoms with van der Waals surface area (Å²) in [7, 11) is 0. The van der Waals surface area contributed by atoms with Crippen LogP contribution in [0.5, 0.6) is 5.75 Å². The summed E-state index contributed by atoms with van der Waals surface area (Å²) in [6.07, 6.45) is 0. The van der Waals surface area contributed by atoms with Crippen molar-refractivity contribution in [3.05, 3.63) is 23.8 Å². The van der Waals surface area contributed by atoms with Crippen molar-refractivity contribution in [2.75, 3.05) is 18.9 Å². The zero-order valence-corrected chi connectivity index (χ0v) is 9.01. The summed E-state index contributed by atoms with van der Waals surface area (Å²) in [5.41, 5.74) is 6.15. The molecule has 0 heterocycles. The van der Waals surface area contributed by atoms with Crippen LogP contribution in [-0.4, -0.2) is 29.4 Å². The minimum Gasteiger partial charge on any atom is -0.491 e. The fourth-order valence-electron chi connectivity index (χ4n) is 1.08. The average molecular weight is 225 g/mol. The Morgan fingerprint density at radius 3 is 2.81 bits per heavy atom. The number of benzene rings is 1. The number of aromatic carboxylic acids is 1. The highest BCUT2D eigenvalue weighted by atomic mass is 16.5. The number of ether oxygens (including phenoxy) is 1. The zero-order valence-electron chi connectivity index (χ0n) is 9.01. The number of nitrogens with two attached hydrogens (primary N) is 1. The van der Waals surface area contributed by atoms with E-state index in [1.54, 1.807) is 0 Å². The third-order valence-electron chi connectivity index (χ3n) is 2.10. The van der Waals surface area contributed by atoms with Gasteiger partial charge in [-0.2, -0.15) is 0 Å². The van der Waals surface area contributed by atoms with E-state index >= 15 is 0 Å². The molecular weight excluding hydrogens is 210 g/mol. The van der Waals surface area contributed by atoms with E-state index in [1.807, 2.05) is 6.92 Å². The van der Waals surface area contributed by atoms with Gasteiger partial charge in [0.1, 0.15) is 5.75 Å². The van der Waals surface area contributed by atoms with Crippen LogP contribution in [0.1, 0.15) is 17.3 Å². The van der Waals surface area contributed by atoms with Crippen LogP contribution in [-0.2, 0) is 0 Å². The Hall–Kier alpha value is -1.75. The number of aliphatic hydroxyl groups excluding tert-OH is 1. The summed E-state index contributed by atoms with van der Waals surface area (Å²) in [5, 5.41) is 17.6. The number of carbonyl (C=O) groups is 1. The number of rotatable bonds is 5. The van der Waals surface area contributed by atoms with Crippen LogP contribution in [0.15, 0.2) is 18.2 Å². The maximum atomic E-state index is 10.7. The van der Waals surface area contributed by atoms with Gasteiger partial charge >= 0.3 is 5.97 Å². The van der Waals surface area contributed by atoms with Crippen molar-refractivity contribution in [2.24, 2.45) is 5.92 Å². The zero-order chi connectivity index (χ0) is 12.1. The number of hydrogen-bond donors (Lipinski definition) is 3. The quantitative estimate of drug-likeness (QED) is 0.649. The van der Waals surface area contributed by atoms with Crippen molar-refractivity contribution in [3.8, 4) is 5.75 Å². The number of anilines is 1. The fourth-order valence-corrected chi connectivity index (χ4v) is 1.08. The van der Waals surface area contributed by atoms with Crippen molar-refractivity contribution in [2.45, 2.75) is 6.92 Å². The predicted molar refractivity (Wildman–Crippen MR) is 59.6 cm³/mol. The highest BCUT2D eigenvalue weighted by Gasteiger charge is 2.09. The van der Waals surface area contributed by atoms with E-state index in [1.165, 1.54) is 18.2 Å². The van der Waals surface area contributed by atoms with Crippen molar-refractivity contribution in [1.29, 1.82) is 0 Å². The molecule has 0 saturated carbocycles. The predicted octanol–water partition coefficient (Wildman–Crippen LogP) is 0.974. The van der Waals surface area contributed by atoms with Crippen molar-refractivity contribution in [1.82, 2.24) is 0 Å². The molecule has 1 rings (SSSR count). The highest BCUT2D eigenvalue weighted by molar-refractivity contribution is 5.89. The van der Waals surface area contributed by atoms with Crippen LogP contribution in [0.25, 0.3) is 0 Å². The number of carboxylic acid groups (broad SMARTS) is 1. The Morgan fingerprint density at radius 2 is 2.25 bits per heavy atom. The minimum absolute atomic E-state index is 0.0124. The molecule has 5 heteroatoms. The van der Waals surface area contributed by atoms with Crippen LogP contribution in [0, 0.1) is 5.92 Å². The molecular formula is C11H15NO4. The summed E-state index contributed by atoms with van der Waals surface area (Å²) in [4.78, 5) is 10.7. The van der Waals surface area contributed by atoms with Gasteiger partial charge in [0.15, 0.2) is 0 Å². The summed E-state index contributed by atoms with van der Waals surface area (Å²) in [6.45, 7) is 2.12. The monoisotopic (exact) mass is 225 g/mol. The molecule has 5 nitrogen and oxygen atoms in total. The van der Waals surface area contributed by atoms with Crippen LogP contribution in [0.3, 0.4) is 0 Å². The van der Waals surface area contributed by atoms with E-state index in [-0.39, 0.29) is 18.1 Å². The number of hydrogen-bond acceptors (Lipinski definition) is 4. The van der Waals surface area contributed by atoms with Gasteiger partial charge in [-0.05, 0) is 18.2 Å². The van der Waals surface area contributed by atoms with Crippen LogP contribution in [0.2, 0.25) is 0 Å². The molecule has 16 heavy (non-hydrogen) atoms. The molecule has 1 aromatic carbocycles. The lowest BCUT2D eigenvalue weighted by Crippen LogP contribution is -2.13. The number of aliphatic hydroxyl groups is 1. The molecule has 0 aliphatic heterocycles. The first-order valence-electron chi connectivity index (χ1n) is 4.91. The normalized spacial score (nSPS) is 12.1. The first-order valence-corrected chi connectivity index (χ1v) is 4.91. The Morgan fingerprint density at radius 1 is 1.56 bits per heavy atom. The molecule has 4 N–H and O–H groups in total. The molecule has 0 radical (unpaired) electrons. The van der Waals surface area contributed by atoms with E-state index < -0.39 is 5.97 Å². The largest absolute Gasteiger partial charge is 0.491 e. The van der Waals surface area contributed by atoms with Gasteiger partial charge in [-0.1, -0.05) is 6.92 Å². The number of nitrogen functional groups attached to an aromatic ring is 1. The van der Waals surface area contributed by atoms with Crippen molar-refractivity contribution < 1.29 is 19.7 Å². The molecule has 0 spiro atoms. The Balaban J connectivity index is 2.78. The molecule has 88 valence electrons. The highest BCUT2D eigenvalue weighted by Crippen LogP contribution is 2.23. The summed E-state index contributed by atoms with van der Waals surface area (Å²) in [5.74, 6) is -0.715. The van der Waals surface area contributed by atoms with Gasteiger partial charge in [0, 0.05) is 12.5 Å². The Labute approximate surface area is 93.5 Å². The van der Waals surface area contributed by atoms with Crippen LogP contribution >= 0.6 is 0 Å². The standard InChI is InChI=1S/C11H15NO4/c1-7(5-13)6-16-10-4-8(11(14)15)2-3-9(10)12/h2-4,7,13H,5-6,12H2,1H3,(H,14,15). The topological polar surface area (TPSA) is 92.8 Å². The molecule has 0 fully saturated rings. The average Bonchev–Trinajstić information content (AvgIpc) is 2.27. The van der Waals surface area contributed by atoms with Gasteiger partial charge in [0.2, 0.25) is 0 Å². The summed E-state index contributed by atoms with van der Waals surface area (Å²) in [6, 6.07) is 4.28. The maximum absolute atomic E-state index is 10.7. The van der Waals surface area contributed by atoms with E-state index in [2.05, 4.69) is 0 Å². The van der Waals surface area contributed by atoms with Crippen molar-refractivity contribution >= 4 is 11.7 Å². The van der Waals surface area contributed by atoms with E-state index in [0.717, 1.165) is 0 Å². The van der Waals surface area contributed by atoms with E-state index in [9.17, 15) is 4.79 Å². The van der Waals surface area contributed by atoms with Crippen LogP contribution < -0.4 is 10.5 Å². The second kappa shape index (κ2) is 5.37. The van der Waals surface area contributed by atoms with Gasteiger partial charge < -0.3 is 20.7 Å². The fraction of sp³-hybridized carbons (Fsp3) is 0.364. The van der Waals surface area contributed by atoms with Crippen molar-refractivity contribution in [3.63, 3.8) is 0 Å². The third-order valence-corrected chi connectivity index (χ3v) is 2.10. The van der Waals surface area contributed by atoms with Gasteiger partial charge in [-0.15, -0.1) is 0 Å². The molecule has 1 atom stereocenters. The lowest BCUT2D eigenvalue weighted by atomic mass is 10.2. The second-order valence-electron chi connectivity index (χ2n) is 3.66. The van der Waals surface area contributed by atoms with Gasteiger partial charge in [-0.25, -0.2) is 4.79 Å². The van der Waals surface area contributed by atoms with Gasteiger partial charge in [0.05, 0.1) is 17.9 Å². The van der Waals surface area contributed by atoms with Crippen LogP contribution in [0.4, 0.5) is 5.69 Å². The van der Waals surface area contributed by atoms with E-state index in [4.69, 9.17) is 20.7 Å². The molecule has 0 aliphatic rings. The second-order valence-corrected chi connectivity index (χ2v) is 3.66. The molecule has 0 saturated heterocycles. The van der Waals surface area contributed by atoms with Gasteiger partial charge in [-0.3, -0.25) is 0 Å². The molecule has 1 aromatic rings. The molecule has 0 aromatic heterocycles. The molecule has 0 amide bonds. The minimum atomic E-state index is -1.03. The molecule has 1 unspecified atom stereocenters. The lowest BCUT2D eigenvalue weighted by molar-refractivity contribution is 0.0696. The molecule has 0 aliphatic carbocycles. The SMILES string of the molecule is CC(CO)COc1cc(C(=O)O)ccc1N. The maximum Gasteiger partial charge on any atom is 0.335 e. The summed E-state index contributed by atoms with van der Waals surface area (Å²) >= 11 is 0. The Kier molecular flexibility index (Phi) is 4.13.